The van der Waals surface area contributed by atoms with Crippen LogP contribution in [0.1, 0.15) is 11.1 Å². The Labute approximate surface area is 155 Å². The van der Waals surface area contributed by atoms with E-state index in [1.807, 2.05) is 0 Å². The van der Waals surface area contributed by atoms with Crippen LogP contribution in [0.3, 0.4) is 0 Å². The van der Waals surface area contributed by atoms with Crippen molar-refractivity contribution in [3.8, 4) is 33.4 Å². The van der Waals surface area contributed by atoms with Crippen molar-refractivity contribution in [1.82, 2.24) is 0 Å². The van der Waals surface area contributed by atoms with Crippen LogP contribution < -0.4 is 0 Å². The molecule has 0 fully saturated rings. The largest absolute Gasteiger partial charge is 0.0622 e. The molecule has 0 spiro atoms. The van der Waals surface area contributed by atoms with Crippen LogP contribution in [0.4, 0.5) is 0 Å². The van der Waals surface area contributed by atoms with E-state index in [1.54, 1.807) is 0 Å². The minimum absolute atomic E-state index is 1.25. The molecule has 0 N–H and O–H groups in total. The van der Waals surface area contributed by atoms with E-state index in [0.29, 0.717) is 0 Å². The molecule has 0 saturated carbocycles. The van der Waals surface area contributed by atoms with Gasteiger partial charge in [0, 0.05) is 0 Å². The molecule has 4 aromatic carbocycles. The molecule has 0 aliphatic heterocycles. The Bertz CT molecular complexity index is 1010. The molecule has 0 aliphatic carbocycles. The summed E-state index contributed by atoms with van der Waals surface area (Å²) in [6, 6.07) is 34.9. The standard InChI is InChI=1S/C26H22/c1-19-8-11-21(12-9-19)22-13-15-24(16-14-22)25-17-10-20(2)18-26(25)23-6-4-3-5-7-23/h3-18H,1-2H3. The minimum atomic E-state index is 1.25. The van der Waals surface area contributed by atoms with Gasteiger partial charge in [-0.05, 0) is 47.2 Å². The van der Waals surface area contributed by atoms with E-state index in [0.717, 1.165) is 0 Å². The molecule has 26 heavy (non-hydrogen) atoms. The maximum absolute atomic E-state index is 2.28. The predicted octanol–water partition coefficient (Wildman–Crippen LogP) is 7.30. The smallest absolute Gasteiger partial charge is 0.0103 e. The van der Waals surface area contributed by atoms with E-state index in [9.17, 15) is 0 Å². The summed E-state index contributed by atoms with van der Waals surface area (Å²) in [5.41, 5.74) is 10.2. The normalized spacial score (nSPS) is 10.7. The molecular formula is C26H22. The van der Waals surface area contributed by atoms with E-state index in [-0.39, 0.29) is 0 Å². The summed E-state index contributed by atoms with van der Waals surface area (Å²) in [7, 11) is 0. The molecule has 0 saturated heterocycles. The Morgan fingerprint density at radius 3 is 1.54 bits per heavy atom. The zero-order valence-corrected chi connectivity index (χ0v) is 15.2. The molecule has 0 heterocycles. The fourth-order valence-corrected chi connectivity index (χ4v) is 3.35. The molecular weight excluding hydrogens is 312 g/mol. The Hall–Kier alpha value is -3.12. The number of hydrogen-bond acceptors (Lipinski definition) is 0. The first-order valence-corrected chi connectivity index (χ1v) is 9.04. The quantitative estimate of drug-likeness (QED) is 0.368. The second kappa shape index (κ2) is 7.01. The summed E-state index contributed by atoms with van der Waals surface area (Å²) in [6.45, 7) is 4.27. The van der Waals surface area contributed by atoms with Crippen molar-refractivity contribution in [2.75, 3.05) is 0 Å². The van der Waals surface area contributed by atoms with E-state index < -0.39 is 0 Å². The zero-order chi connectivity index (χ0) is 17.9. The third-order valence-electron chi connectivity index (χ3n) is 4.84. The van der Waals surface area contributed by atoms with Gasteiger partial charge >= 0.3 is 0 Å². The molecule has 0 bridgehead atoms. The number of hydrogen-bond donors (Lipinski definition) is 0. The third-order valence-corrected chi connectivity index (χ3v) is 4.84. The molecule has 0 amide bonds. The Kier molecular flexibility index (Phi) is 4.41. The van der Waals surface area contributed by atoms with Gasteiger partial charge in [0.15, 0.2) is 0 Å². The van der Waals surface area contributed by atoms with Gasteiger partial charge in [0.1, 0.15) is 0 Å². The van der Waals surface area contributed by atoms with Crippen LogP contribution in [0.25, 0.3) is 33.4 Å². The summed E-state index contributed by atoms with van der Waals surface area (Å²) in [5.74, 6) is 0. The third kappa shape index (κ3) is 3.32. The number of benzene rings is 4. The average molecular weight is 334 g/mol. The lowest BCUT2D eigenvalue weighted by molar-refractivity contribution is 1.45. The van der Waals surface area contributed by atoms with Crippen molar-refractivity contribution in [3.05, 3.63) is 108 Å². The SMILES string of the molecule is Cc1ccc(-c2ccc(-c3ccc(C)cc3-c3ccccc3)cc2)cc1. The molecule has 0 atom stereocenters. The summed E-state index contributed by atoms with van der Waals surface area (Å²) in [6.07, 6.45) is 0. The van der Waals surface area contributed by atoms with Gasteiger partial charge in [0.2, 0.25) is 0 Å². The van der Waals surface area contributed by atoms with Crippen LogP contribution in [0.15, 0.2) is 97.1 Å². The minimum Gasteiger partial charge on any atom is -0.0622 e. The second-order valence-corrected chi connectivity index (χ2v) is 6.86. The summed E-state index contributed by atoms with van der Waals surface area (Å²) >= 11 is 0. The van der Waals surface area contributed by atoms with Crippen molar-refractivity contribution in [2.45, 2.75) is 13.8 Å². The van der Waals surface area contributed by atoms with E-state index >= 15 is 0 Å². The van der Waals surface area contributed by atoms with Gasteiger partial charge < -0.3 is 0 Å². The topological polar surface area (TPSA) is 0 Å². The second-order valence-electron chi connectivity index (χ2n) is 6.86. The van der Waals surface area contributed by atoms with Crippen LogP contribution in [-0.4, -0.2) is 0 Å². The Balaban J connectivity index is 1.75. The first kappa shape index (κ1) is 16.4. The number of aryl methyl sites for hydroxylation is 2. The predicted molar refractivity (Wildman–Crippen MR) is 112 cm³/mol. The van der Waals surface area contributed by atoms with Gasteiger partial charge in [0.05, 0.1) is 0 Å². The first-order valence-electron chi connectivity index (χ1n) is 9.04. The highest BCUT2D eigenvalue weighted by molar-refractivity contribution is 5.84. The van der Waals surface area contributed by atoms with Crippen molar-refractivity contribution in [1.29, 1.82) is 0 Å². The average Bonchev–Trinajstić information content (AvgIpc) is 2.69. The maximum atomic E-state index is 2.28. The summed E-state index contributed by atoms with van der Waals surface area (Å²) in [4.78, 5) is 0. The Morgan fingerprint density at radius 2 is 0.885 bits per heavy atom. The molecule has 0 radical (unpaired) electrons. The highest BCUT2D eigenvalue weighted by Gasteiger charge is 2.08. The van der Waals surface area contributed by atoms with Gasteiger partial charge in [-0.25, -0.2) is 0 Å². The lowest BCUT2D eigenvalue weighted by atomic mass is 9.92. The van der Waals surface area contributed by atoms with Crippen LogP contribution in [-0.2, 0) is 0 Å². The molecule has 0 heteroatoms. The van der Waals surface area contributed by atoms with Crippen LogP contribution in [0, 0.1) is 13.8 Å². The molecule has 4 aromatic rings. The molecule has 4 rings (SSSR count). The van der Waals surface area contributed by atoms with Gasteiger partial charge in [0.25, 0.3) is 0 Å². The van der Waals surface area contributed by atoms with Gasteiger partial charge in [-0.3, -0.25) is 0 Å². The maximum Gasteiger partial charge on any atom is -0.0103 e. The molecule has 0 unspecified atom stereocenters. The van der Waals surface area contributed by atoms with E-state index in [1.165, 1.54) is 44.5 Å². The van der Waals surface area contributed by atoms with Gasteiger partial charge in [-0.15, -0.1) is 0 Å². The molecule has 0 aliphatic rings. The van der Waals surface area contributed by atoms with Crippen molar-refractivity contribution >= 4 is 0 Å². The van der Waals surface area contributed by atoms with Gasteiger partial charge in [-0.1, -0.05) is 108 Å². The van der Waals surface area contributed by atoms with Crippen LogP contribution in [0.5, 0.6) is 0 Å². The monoisotopic (exact) mass is 334 g/mol. The summed E-state index contributed by atoms with van der Waals surface area (Å²) in [5, 5.41) is 0. The summed E-state index contributed by atoms with van der Waals surface area (Å²) < 4.78 is 0. The fraction of sp³-hybridized carbons (Fsp3) is 0.0769. The lowest BCUT2D eigenvalue weighted by Gasteiger charge is -2.12. The number of rotatable bonds is 3. The van der Waals surface area contributed by atoms with Crippen LogP contribution >= 0.6 is 0 Å². The molecule has 0 nitrogen and oxygen atoms in total. The van der Waals surface area contributed by atoms with Gasteiger partial charge in [-0.2, -0.15) is 0 Å². The Morgan fingerprint density at radius 1 is 0.385 bits per heavy atom. The van der Waals surface area contributed by atoms with Crippen molar-refractivity contribution < 1.29 is 0 Å². The van der Waals surface area contributed by atoms with Crippen molar-refractivity contribution in [2.24, 2.45) is 0 Å². The van der Waals surface area contributed by atoms with Crippen LogP contribution in [0.2, 0.25) is 0 Å². The fourth-order valence-electron chi connectivity index (χ4n) is 3.35. The first-order chi connectivity index (χ1) is 12.7. The molecule has 126 valence electrons. The molecule has 0 aromatic heterocycles. The highest BCUT2D eigenvalue weighted by atomic mass is 14.1. The highest BCUT2D eigenvalue weighted by Crippen LogP contribution is 2.34. The van der Waals surface area contributed by atoms with E-state index in [4.69, 9.17) is 0 Å². The zero-order valence-electron chi connectivity index (χ0n) is 15.2. The van der Waals surface area contributed by atoms with Crippen molar-refractivity contribution in [3.63, 3.8) is 0 Å². The lowest BCUT2D eigenvalue weighted by Crippen LogP contribution is -1.87. The van der Waals surface area contributed by atoms with E-state index in [2.05, 4.69) is 111 Å².